The van der Waals surface area contributed by atoms with E-state index in [4.69, 9.17) is 4.74 Å². The molecule has 0 spiro atoms. The van der Waals surface area contributed by atoms with Crippen molar-refractivity contribution in [2.45, 2.75) is 19.3 Å². The molecule has 0 aliphatic carbocycles. The van der Waals surface area contributed by atoms with Crippen molar-refractivity contribution >= 4 is 17.0 Å². The summed E-state index contributed by atoms with van der Waals surface area (Å²) in [6, 6.07) is 11.3. The van der Waals surface area contributed by atoms with Gasteiger partial charge in [-0.15, -0.1) is 11.3 Å². The molecule has 0 atom stereocenters. The number of hydrogen-bond acceptors (Lipinski definition) is 5. The molecule has 2 aromatic carbocycles. The van der Waals surface area contributed by atoms with Crippen LogP contribution in [0, 0.1) is 5.82 Å². The Labute approximate surface area is 181 Å². The van der Waals surface area contributed by atoms with Gasteiger partial charge in [0.1, 0.15) is 23.2 Å². The molecule has 0 radical (unpaired) electrons. The fourth-order valence-corrected chi connectivity index (χ4v) is 4.13. The largest absolute Gasteiger partial charge is 0.486 e. The molecular weight excluding hydrogens is 430 g/mol. The van der Waals surface area contributed by atoms with Gasteiger partial charge in [0.2, 0.25) is 0 Å². The van der Waals surface area contributed by atoms with Crippen LogP contribution < -0.4 is 9.64 Å². The van der Waals surface area contributed by atoms with Crippen molar-refractivity contribution in [2.75, 3.05) is 31.1 Å². The third-order valence-corrected chi connectivity index (χ3v) is 5.94. The quantitative estimate of drug-likeness (QED) is 0.482. The molecule has 164 valence electrons. The zero-order chi connectivity index (χ0) is 21.8. The Morgan fingerprint density at radius 3 is 2.45 bits per heavy atom. The SMILES string of the molecule is Fc1ccc(OCc2nc(CN3CCN(c4cccc(C(F)(F)F)c4)CC3)cs2)cc1. The highest BCUT2D eigenvalue weighted by atomic mass is 32.1. The van der Waals surface area contributed by atoms with E-state index in [1.165, 1.54) is 35.6 Å². The Morgan fingerprint density at radius 2 is 1.74 bits per heavy atom. The lowest BCUT2D eigenvalue weighted by atomic mass is 10.1. The molecule has 0 amide bonds. The Kier molecular flexibility index (Phi) is 6.43. The van der Waals surface area contributed by atoms with Gasteiger partial charge in [0, 0.05) is 43.8 Å². The smallest absolute Gasteiger partial charge is 0.416 e. The summed E-state index contributed by atoms with van der Waals surface area (Å²) in [6.07, 6.45) is -4.33. The maximum atomic E-state index is 13.0. The summed E-state index contributed by atoms with van der Waals surface area (Å²) in [5.74, 6) is 0.279. The minimum Gasteiger partial charge on any atom is -0.486 e. The number of piperazine rings is 1. The van der Waals surface area contributed by atoms with Gasteiger partial charge in [0.15, 0.2) is 0 Å². The highest BCUT2D eigenvalue weighted by Crippen LogP contribution is 2.32. The van der Waals surface area contributed by atoms with E-state index in [-0.39, 0.29) is 5.82 Å². The van der Waals surface area contributed by atoms with Gasteiger partial charge in [-0.3, -0.25) is 4.90 Å². The van der Waals surface area contributed by atoms with E-state index in [9.17, 15) is 17.6 Å². The van der Waals surface area contributed by atoms with E-state index in [1.807, 2.05) is 10.3 Å². The number of anilines is 1. The highest BCUT2D eigenvalue weighted by Gasteiger charge is 2.31. The molecule has 9 heteroatoms. The van der Waals surface area contributed by atoms with Crippen molar-refractivity contribution in [1.82, 2.24) is 9.88 Å². The van der Waals surface area contributed by atoms with Crippen LogP contribution in [-0.2, 0) is 19.3 Å². The van der Waals surface area contributed by atoms with Crippen molar-refractivity contribution in [2.24, 2.45) is 0 Å². The lowest BCUT2D eigenvalue weighted by Crippen LogP contribution is -2.46. The second-order valence-corrected chi connectivity index (χ2v) is 8.23. The van der Waals surface area contributed by atoms with Crippen LogP contribution in [0.3, 0.4) is 0 Å². The Morgan fingerprint density at radius 1 is 1.00 bits per heavy atom. The summed E-state index contributed by atoms with van der Waals surface area (Å²) in [4.78, 5) is 8.81. The minimum absolute atomic E-state index is 0.308. The molecule has 1 aliphatic rings. The third-order valence-electron chi connectivity index (χ3n) is 5.07. The minimum atomic E-state index is -4.33. The van der Waals surface area contributed by atoms with Gasteiger partial charge < -0.3 is 9.64 Å². The lowest BCUT2D eigenvalue weighted by Gasteiger charge is -2.36. The molecule has 0 N–H and O–H groups in total. The van der Waals surface area contributed by atoms with Crippen LogP contribution >= 0.6 is 11.3 Å². The average molecular weight is 451 g/mol. The first kappa shape index (κ1) is 21.6. The van der Waals surface area contributed by atoms with E-state index in [2.05, 4.69) is 9.88 Å². The summed E-state index contributed by atoms with van der Waals surface area (Å²) >= 11 is 1.51. The molecule has 2 heterocycles. The van der Waals surface area contributed by atoms with Crippen LogP contribution in [0.25, 0.3) is 0 Å². The number of thiazole rings is 1. The normalized spacial score (nSPS) is 15.3. The zero-order valence-corrected chi connectivity index (χ0v) is 17.4. The van der Waals surface area contributed by atoms with Gasteiger partial charge in [-0.05, 0) is 42.5 Å². The van der Waals surface area contributed by atoms with Gasteiger partial charge in [0.05, 0.1) is 11.3 Å². The van der Waals surface area contributed by atoms with Crippen molar-refractivity contribution in [3.63, 3.8) is 0 Å². The molecule has 1 aliphatic heterocycles. The molecule has 4 rings (SSSR count). The van der Waals surface area contributed by atoms with E-state index in [0.717, 1.165) is 29.9 Å². The lowest BCUT2D eigenvalue weighted by molar-refractivity contribution is -0.137. The predicted octanol–water partition coefficient (Wildman–Crippen LogP) is 5.20. The molecule has 1 aromatic heterocycles. The monoisotopic (exact) mass is 451 g/mol. The first-order valence-corrected chi connectivity index (χ1v) is 10.7. The van der Waals surface area contributed by atoms with Gasteiger partial charge in [-0.25, -0.2) is 9.37 Å². The number of halogens is 4. The van der Waals surface area contributed by atoms with Gasteiger partial charge in [-0.2, -0.15) is 13.2 Å². The summed E-state index contributed by atoms with van der Waals surface area (Å²) in [5, 5.41) is 2.82. The van der Waals surface area contributed by atoms with E-state index >= 15 is 0 Å². The first-order valence-electron chi connectivity index (χ1n) is 9.83. The van der Waals surface area contributed by atoms with Gasteiger partial charge in [-0.1, -0.05) is 6.07 Å². The number of hydrogen-bond donors (Lipinski definition) is 0. The van der Waals surface area contributed by atoms with Gasteiger partial charge >= 0.3 is 6.18 Å². The highest BCUT2D eigenvalue weighted by molar-refractivity contribution is 7.09. The average Bonchev–Trinajstić information content (AvgIpc) is 3.21. The maximum Gasteiger partial charge on any atom is 0.416 e. The molecule has 0 bridgehead atoms. The van der Waals surface area contributed by atoms with Crippen LogP contribution in [0.4, 0.5) is 23.2 Å². The Balaban J connectivity index is 1.27. The number of benzene rings is 2. The molecular formula is C22H21F4N3OS. The second kappa shape index (κ2) is 9.23. The van der Waals surface area contributed by atoms with E-state index in [0.29, 0.717) is 37.7 Å². The summed E-state index contributed by atoms with van der Waals surface area (Å²) < 4.78 is 57.4. The van der Waals surface area contributed by atoms with E-state index < -0.39 is 11.7 Å². The van der Waals surface area contributed by atoms with Crippen molar-refractivity contribution < 1.29 is 22.3 Å². The molecule has 1 saturated heterocycles. The van der Waals surface area contributed by atoms with E-state index in [1.54, 1.807) is 18.2 Å². The predicted molar refractivity (Wildman–Crippen MR) is 112 cm³/mol. The number of alkyl halides is 3. The summed E-state index contributed by atoms with van der Waals surface area (Å²) in [7, 11) is 0. The molecule has 3 aromatic rings. The zero-order valence-electron chi connectivity index (χ0n) is 16.6. The van der Waals surface area contributed by atoms with Crippen molar-refractivity contribution in [3.05, 3.63) is 76.0 Å². The van der Waals surface area contributed by atoms with Crippen LogP contribution in [0.15, 0.2) is 53.9 Å². The fraction of sp³-hybridized carbons (Fsp3) is 0.318. The number of rotatable bonds is 6. The van der Waals surface area contributed by atoms with Crippen molar-refractivity contribution in [3.8, 4) is 5.75 Å². The first-order chi connectivity index (χ1) is 14.9. The van der Waals surface area contributed by atoms with Crippen LogP contribution in [0.5, 0.6) is 5.75 Å². The Hall–Kier alpha value is -2.65. The molecule has 4 nitrogen and oxygen atoms in total. The number of ether oxygens (including phenoxy) is 1. The van der Waals surface area contributed by atoms with Crippen LogP contribution in [-0.4, -0.2) is 36.1 Å². The molecule has 1 fully saturated rings. The van der Waals surface area contributed by atoms with Crippen LogP contribution in [0.1, 0.15) is 16.3 Å². The number of nitrogens with zero attached hydrogens (tertiary/aromatic N) is 3. The standard InChI is InChI=1S/C22H21F4N3OS/c23-17-4-6-20(7-5-17)30-14-21-27-18(15-31-21)13-28-8-10-29(11-9-28)19-3-1-2-16(12-19)22(24,25)26/h1-7,12,15H,8-11,13-14H2. The topological polar surface area (TPSA) is 28.6 Å². The maximum absolute atomic E-state index is 13.0. The van der Waals surface area contributed by atoms with Gasteiger partial charge in [0.25, 0.3) is 0 Å². The Bertz CT molecular complexity index is 998. The molecule has 0 saturated carbocycles. The third kappa shape index (κ3) is 5.74. The molecule has 0 unspecified atom stereocenters. The molecule has 31 heavy (non-hydrogen) atoms. The van der Waals surface area contributed by atoms with Crippen LogP contribution in [0.2, 0.25) is 0 Å². The summed E-state index contributed by atoms with van der Waals surface area (Å²) in [6.45, 7) is 3.81. The second-order valence-electron chi connectivity index (χ2n) is 7.29. The fourth-order valence-electron chi connectivity index (χ4n) is 3.44. The van der Waals surface area contributed by atoms with Crippen molar-refractivity contribution in [1.29, 1.82) is 0 Å². The summed E-state index contributed by atoms with van der Waals surface area (Å²) in [5.41, 5.74) is 0.920. The number of aromatic nitrogens is 1.